The van der Waals surface area contributed by atoms with E-state index in [1.165, 1.54) is 12.8 Å². The van der Waals surface area contributed by atoms with Gasteiger partial charge in [0.25, 0.3) is 0 Å². The molecule has 1 aliphatic heterocycles. The highest BCUT2D eigenvalue weighted by Crippen LogP contribution is 2.26. The number of halogens is 1. The van der Waals surface area contributed by atoms with Gasteiger partial charge >= 0.3 is 0 Å². The Labute approximate surface area is 199 Å². The quantitative estimate of drug-likeness (QED) is 0.470. The molecule has 174 valence electrons. The lowest BCUT2D eigenvalue weighted by Gasteiger charge is -2.36. The summed E-state index contributed by atoms with van der Waals surface area (Å²) in [5.41, 5.74) is 3.74. The standard InChI is InChI=1S/C23H29N9.ClH/c1-15(2)32-22-19(28-29-32)7-5-16-13-25-23(27-21(16)22)26-20-8-6-18(14-24-20)31-11-9-17(10-12-31)30(3)4;/h5-8,13-15,17H,9-12H2,1-4H3,(H,24,25,26,27);1H. The van der Waals surface area contributed by atoms with Gasteiger partial charge in [-0.3, -0.25) is 0 Å². The first kappa shape index (κ1) is 23.1. The molecule has 1 saturated heterocycles. The Morgan fingerprint density at radius 2 is 1.82 bits per heavy atom. The molecule has 0 saturated carbocycles. The number of anilines is 3. The molecule has 1 fully saturated rings. The van der Waals surface area contributed by atoms with E-state index in [1.807, 2.05) is 35.3 Å². The van der Waals surface area contributed by atoms with Crippen molar-refractivity contribution in [3.8, 4) is 0 Å². The van der Waals surface area contributed by atoms with E-state index in [1.54, 1.807) is 0 Å². The SMILES string of the molecule is CC(C)n1nnc2ccc3cnc(Nc4ccc(N5CCC(N(C)C)CC5)cn4)nc3c21.Cl. The van der Waals surface area contributed by atoms with Crippen LogP contribution in [0.2, 0.25) is 0 Å². The van der Waals surface area contributed by atoms with Crippen molar-refractivity contribution in [2.75, 3.05) is 37.4 Å². The molecule has 4 aromatic rings. The van der Waals surface area contributed by atoms with E-state index in [2.05, 4.69) is 69.4 Å². The first-order valence-electron chi connectivity index (χ1n) is 11.1. The number of aromatic nitrogens is 6. The van der Waals surface area contributed by atoms with Crippen LogP contribution < -0.4 is 10.2 Å². The molecule has 1 aliphatic rings. The van der Waals surface area contributed by atoms with Crippen LogP contribution in [0.1, 0.15) is 32.7 Å². The van der Waals surface area contributed by atoms with Gasteiger partial charge in [0.1, 0.15) is 22.4 Å². The van der Waals surface area contributed by atoms with Crippen molar-refractivity contribution in [1.29, 1.82) is 0 Å². The summed E-state index contributed by atoms with van der Waals surface area (Å²) < 4.78 is 1.90. The van der Waals surface area contributed by atoms with Crippen molar-refractivity contribution in [1.82, 2.24) is 34.8 Å². The molecular formula is C23H30ClN9. The molecule has 0 bridgehead atoms. The summed E-state index contributed by atoms with van der Waals surface area (Å²) in [6.07, 6.45) is 6.10. The Balaban J connectivity index is 0.00000259. The highest BCUT2D eigenvalue weighted by molar-refractivity contribution is 6.01. The normalized spacial score (nSPS) is 14.9. The van der Waals surface area contributed by atoms with Crippen molar-refractivity contribution in [3.05, 3.63) is 36.7 Å². The number of fused-ring (bicyclic) bond motifs is 3. The molecule has 10 heteroatoms. The highest BCUT2D eigenvalue weighted by atomic mass is 35.5. The lowest BCUT2D eigenvalue weighted by Crippen LogP contribution is -2.42. The summed E-state index contributed by atoms with van der Waals surface area (Å²) in [4.78, 5) is 18.6. The Kier molecular flexibility index (Phi) is 6.62. The van der Waals surface area contributed by atoms with Crippen LogP contribution >= 0.6 is 12.4 Å². The summed E-state index contributed by atoms with van der Waals surface area (Å²) in [5.74, 6) is 1.23. The maximum atomic E-state index is 4.77. The highest BCUT2D eigenvalue weighted by Gasteiger charge is 2.21. The Hall–Kier alpha value is -3.04. The van der Waals surface area contributed by atoms with E-state index in [0.717, 1.165) is 46.5 Å². The molecule has 1 N–H and O–H groups in total. The van der Waals surface area contributed by atoms with E-state index >= 15 is 0 Å². The van der Waals surface area contributed by atoms with Crippen molar-refractivity contribution in [2.45, 2.75) is 38.8 Å². The van der Waals surface area contributed by atoms with Gasteiger partial charge in [0.15, 0.2) is 0 Å². The predicted molar refractivity (Wildman–Crippen MR) is 135 cm³/mol. The van der Waals surface area contributed by atoms with Gasteiger partial charge in [-0.1, -0.05) is 5.21 Å². The van der Waals surface area contributed by atoms with Crippen molar-refractivity contribution < 1.29 is 0 Å². The molecule has 0 unspecified atom stereocenters. The van der Waals surface area contributed by atoms with Gasteiger partial charge in [0.2, 0.25) is 5.95 Å². The molecule has 1 aromatic carbocycles. The minimum Gasteiger partial charge on any atom is -0.370 e. The Morgan fingerprint density at radius 3 is 2.48 bits per heavy atom. The van der Waals surface area contributed by atoms with Crippen LogP contribution in [0.3, 0.4) is 0 Å². The van der Waals surface area contributed by atoms with Crippen molar-refractivity contribution in [2.24, 2.45) is 0 Å². The molecule has 0 atom stereocenters. The summed E-state index contributed by atoms with van der Waals surface area (Å²) >= 11 is 0. The zero-order valence-corrected chi connectivity index (χ0v) is 20.2. The number of pyridine rings is 1. The molecule has 0 aliphatic carbocycles. The first-order valence-corrected chi connectivity index (χ1v) is 11.1. The van der Waals surface area contributed by atoms with Crippen LogP contribution in [0.4, 0.5) is 17.5 Å². The maximum Gasteiger partial charge on any atom is 0.228 e. The second-order valence-electron chi connectivity index (χ2n) is 8.90. The van der Waals surface area contributed by atoms with E-state index < -0.39 is 0 Å². The number of hydrogen-bond acceptors (Lipinski definition) is 8. The van der Waals surface area contributed by atoms with Gasteiger partial charge in [-0.05, 0) is 65.0 Å². The molecule has 3 aromatic heterocycles. The van der Waals surface area contributed by atoms with E-state index in [4.69, 9.17) is 4.98 Å². The van der Waals surface area contributed by atoms with Gasteiger partial charge < -0.3 is 15.1 Å². The van der Waals surface area contributed by atoms with Crippen LogP contribution in [0.15, 0.2) is 36.7 Å². The Bertz CT molecular complexity index is 1230. The molecule has 0 amide bonds. The molecule has 33 heavy (non-hydrogen) atoms. The van der Waals surface area contributed by atoms with Gasteiger partial charge in [-0.15, -0.1) is 17.5 Å². The van der Waals surface area contributed by atoms with Gasteiger partial charge in [-0.25, -0.2) is 19.6 Å². The van der Waals surface area contributed by atoms with Gasteiger partial charge in [-0.2, -0.15) is 0 Å². The number of nitrogens with zero attached hydrogens (tertiary/aromatic N) is 8. The molecular weight excluding hydrogens is 438 g/mol. The van der Waals surface area contributed by atoms with Crippen LogP contribution in [-0.4, -0.2) is 68.1 Å². The fourth-order valence-electron chi connectivity index (χ4n) is 4.34. The predicted octanol–water partition coefficient (Wildman–Crippen LogP) is 4.05. The van der Waals surface area contributed by atoms with Crippen LogP contribution in [0.25, 0.3) is 21.9 Å². The number of rotatable bonds is 5. The number of hydrogen-bond donors (Lipinski definition) is 1. The van der Waals surface area contributed by atoms with Crippen LogP contribution in [0, 0.1) is 0 Å². The summed E-state index contributed by atoms with van der Waals surface area (Å²) in [5, 5.41) is 12.8. The summed E-state index contributed by atoms with van der Waals surface area (Å²) in [6, 6.07) is 8.89. The largest absolute Gasteiger partial charge is 0.370 e. The third-order valence-corrected chi connectivity index (χ3v) is 6.22. The number of benzene rings is 1. The van der Waals surface area contributed by atoms with Crippen LogP contribution in [-0.2, 0) is 0 Å². The smallest absolute Gasteiger partial charge is 0.228 e. The fourth-order valence-corrected chi connectivity index (χ4v) is 4.34. The monoisotopic (exact) mass is 467 g/mol. The van der Waals surface area contributed by atoms with E-state index in [-0.39, 0.29) is 18.4 Å². The van der Waals surface area contributed by atoms with Crippen molar-refractivity contribution >= 4 is 51.8 Å². The van der Waals surface area contributed by atoms with E-state index in [9.17, 15) is 0 Å². The van der Waals surface area contributed by atoms with Gasteiger partial charge in [0, 0.05) is 36.8 Å². The minimum atomic E-state index is 0. The second-order valence-corrected chi connectivity index (χ2v) is 8.90. The average molecular weight is 468 g/mol. The Morgan fingerprint density at radius 1 is 1.03 bits per heavy atom. The number of nitrogens with one attached hydrogen (secondary N) is 1. The van der Waals surface area contributed by atoms with Crippen molar-refractivity contribution in [3.63, 3.8) is 0 Å². The van der Waals surface area contributed by atoms with E-state index in [0.29, 0.717) is 12.0 Å². The minimum absolute atomic E-state index is 0. The lowest BCUT2D eigenvalue weighted by molar-refractivity contribution is 0.249. The van der Waals surface area contributed by atoms with Gasteiger partial charge in [0.05, 0.1) is 11.9 Å². The van der Waals surface area contributed by atoms with Crippen LogP contribution in [0.5, 0.6) is 0 Å². The molecule has 4 heterocycles. The number of piperidine rings is 1. The lowest BCUT2D eigenvalue weighted by atomic mass is 10.0. The molecule has 0 spiro atoms. The second kappa shape index (κ2) is 9.44. The topological polar surface area (TPSA) is 87.9 Å². The first-order chi connectivity index (χ1) is 15.5. The molecule has 9 nitrogen and oxygen atoms in total. The average Bonchev–Trinajstić information content (AvgIpc) is 3.25. The maximum absolute atomic E-state index is 4.77. The molecule has 5 rings (SSSR count). The third kappa shape index (κ3) is 4.56. The zero-order valence-electron chi connectivity index (χ0n) is 19.4. The summed E-state index contributed by atoms with van der Waals surface area (Å²) in [7, 11) is 4.32. The summed E-state index contributed by atoms with van der Waals surface area (Å²) in [6.45, 7) is 6.28. The zero-order chi connectivity index (χ0) is 22.2. The fraction of sp³-hybridized carbons (Fsp3) is 0.435. The molecule has 0 radical (unpaired) electrons. The third-order valence-electron chi connectivity index (χ3n) is 6.22.